The zero-order valence-corrected chi connectivity index (χ0v) is 10.6. The molecule has 0 aliphatic heterocycles. The second-order valence-corrected chi connectivity index (χ2v) is 4.10. The van der Waals surface area contributed by atoms with E-state index in [0.717, 1.165) is 12.2 Å². The number of hydrogen-bond donors (Lipinski definition) is 1. The third-order valence-electron chi connectivity index (χ3n) is 2.50. The Bertz CT molecular complexity index is 363. The summed E-state index contributed by atoms with van der Waals surface area (Å²) in [6, 6.07) is 3.36. The van der Waals surface area contributed by atoms with Gasteiger partial charge in [-0.1, -0.05) is 6.92 Å². The van der Waals surface area contributed by atoms with Gasteiger partial charge < -0.3 is 10.0 Å². The van der Waals surface area contributed by atoms with Gasteiger partial charge >= 0.3 is 0 Å². The van der Waals surface area contributed by atoms with E-state index >= 15 is 0 Å². The zero-order valence-electron chi connectivity index (χ0n) is 10.6. The SMILES string of the molecule is CCN(CC(=O)N(C)C)Cc1ccc(O)cn1. The van der Waals surface area contributed by atoms with Crippen LogP contribution in [0.1, 0.15) is 12.6 Å². The second-order valence-electron chi connectivity index (χ2n) is 4.10. The van der Waals surface area contributed by atoms with Crippen LogP contribution in [-0.2, 0) is 11.3 Å². The summed E-state index contributed by atoms with van der Waals surface area (Å²) < 4.78 is 0. The molecule has 1 amide bonds. The highest BCUT2D eigenvalue weighted by atomic mass is 16.3. The normalized spacial score (nSPS) is 10.6. The fourth-order valence-corrected chi connectivity index (χ4v) is 1.35. The minimum Gasteiger partial charge on any atom is -0.506 e. The molecule has 0 fully saturated rings. The quantitative estimate of drug-likeness (QED) is 0.819. The fourth-order valence-electron chi connectivity index (χ4n) is 1.35. The molecule has 0 radical (unpaired) electrons. The molecule has 5 heteroatoms. The molecule has 0 saturated carbocycles. The summed E-state index contributed by atoms with van der Waals surface area (Å²) >= 11 is 0. The molecule has 0 aliphatic rings. The number of aromatic hydroxyl groups is 1. The Hall–Kier alpha value is -1.62. The van der Waals surface area contributed by atoms with Crippen LogP contribution in [-0.4, -0.2) is 53.0 Å². The Labute approximate surface area is 102 Å². The van der Waals surface area contributed by atoms with Crippen molar-refractivity contribution in [3.05, 3.63) is 24.0 Å². The molecule has 5 nitrogen and oxygen atoms in total. The number of nitrogens with zero attached hydrogens (tertiary/aromatic N) is 3. The van der Waals surface area contributed by atoms with Crippen LogP contribution in [0.25, 0.3) is 0 Å². The molecule has 0 spiro atoms. The van der Waals surface area contributed by atoms with Crippen molar-refractivity contribution < 1.29 is 9.90 Å². The molecule has 0 bridgehead atoms. The lowest BCUT2D eigenvalue weighted by atomic mass is 10.3. The first-order valence-electron chi connectivity index (χ1n) is 5.59. The maximum Gasteiger partial charge on any atom is 0.236 e. The van der Waals surface area contributed by atoms with E-state index in [9.17, 15) is 4.79 Å². The maximum atomic E-state index is 11.6. The Morgan fingerprint density at radius 1 is 1.41 bits per heavy atom. The number of pyridine rings is 1. The standard InChI is InChI=1S/C12H19N3O2/c1-4-15(9-12(17)14(2)3)8-10-5-6-11(16)7-13-10/h5-7,16H,4,8-9H2,1-3H3. The molecule has 17 heavy (non-hydrogen) atoms. The summed E-state index contributed by atoms with van der Waals surface area (Å²) in [5.41, 5.74) is 0.844. The molecule has 1 aromatic rings. The summed E-state index contributed by atoms with van der Waals surface area (Å²) in [6.07, 6.45) is 1.41. The first-order valence-corrected chi connectivity index (χ1v) is 5.59. The van der Waals surface area contributed by atoms with Crippen LogP contribution >= 0.6 is 0 Å². The monoisotopic (exact) mass is 237 g/mol. The van der Waals surface area contributed by atoms with Crippen molar-refractivity contribution in [2.75, 3.05) is 27.2 Å². The molecule has 0 unspecified atom stereocenters. The van der Waals surface area contributed by atoms with Gasteiger partial charge in [-0.05, 0) is 18.7 Å². The van der Waals surface area contributed by atoms with Crippen LogP contribution in [0.5, 0.6) is 5.75 Å². The number of aromatic nitrogens is 1. The first kappa shape index (κ1) is 13.4. The van der Waals surface area contributed by atoms with Crippen LogP contribution in [0.2, 0.25) is 0 Å². The zero-order chi connectivity index (χ0) is 12.8. The van der Waals surface area contributed by atoms with Gasteiger partial charge in [0.15, 0.2) is 0 Å². The number of hydrogen-bond acceptors (Lipinski definition) is 4. The van der Waals surface area contributed by atoms with E-state index < -0.39 is 0 Å². The Morgan fingerprint density at radius 3 is 2.59 bits per heavy atom. The predicted octanol–water partition coefficient (Wildman–Crippen LogP) is 0.697. The van der Waals surface area contributed by atoms with Gasteiger partial charge in [-0.2, -0.15) is 0 Å². The maximum absolute atomic E-state index is 11.6. The molecule has 0 aliphatic carbocycles. The molecule has 0 saturated heterocycles. The molecular formula is C12H19N3O2. The van der Waals surface area contributed by atoms with Gasteiger partial charge in [0.1, 0.15) is 5.75 Å². The molecular weight excluding hydrogens is 218 g/mol. The van der Waals surface area contributed by atoms with E-state index in [1.807, 2.05) is 11.8 Å². The molecule has 1 aromatic heterocycles. The molecule has 0 atom stereocenters. The Morgan fingerprint density at radius 2 is 2.12 bits per heavy atom. The van der Waals surface area contributed by atoms with Crippen molar-refractivity contribution in [2.24, 2.45) is 0 Å². The molecule has 0 aromatic carbocycles. The van der Waals surface area contributed by atoms with Crippen LogP contribution in [0.15, 0.2) is 18.3 Å². The molecule has 1 N–H and O–H groups in total. The minimum absolute atomic E-state index is 0.0747. The van der Waals surface area contributed by atoms with Crippen molar-refractivity contribution in [3.8, 4) is 5.75 Å². The first-order chi connectivity index (χ1) is 8.02. The largest absolute Gasteiger partial charge is 0.506 e. The van der Waals surface area contributed by atoms with Gasteiger partial charge in [0, 0.05) is 20.6 Å². The number of rotatable bonds is 5. The van der Waals surface area contributed by atoms with E-state index in [0.29, 0.717) is 13.1 Å². The predicted molar refractivity (Wildman–Crippen MR) is 65.5 cm³/mol. The summed E-state index contributed by atoms with van der Waals surface area (Å²) in [4.78, 5) is 19.3. The van der Waals surface area contributed by atoms with Crippen molar-refractivity contribution in [2.45, 2.75) is 13.5 Å². The number of amides is 1. The lowest BCUT2D eigenvalue weighted by Crippen LogP contribution is -2.36. The van der Waals surface area contributed by atoms with E-state index in [1.165, 1.54) is 6.20 Å². The van der Waals surface area contributed by atoms with E-state index in [1.54, 1.807) is 31.1 Å². The highest BCUT2D eigenvalue weighted by Gasteiger charge is 2.11. The van der Waals surface area contributed by atoms with Gasteiger partial charge in [-0.3, -0.25) is 14.7 Å². The highest BCUT2D eigenvalue weighted by Crippen LogP contribution is 2.08. The van der Waals surface area contributed by atoms with Gasteiger partial charge in [0.2, 0.25) is 5.91 Å². The van der Waals surface area contributed by atoms with Gasteiger partial charge in [-0.25, -0.2) is 0 Å². The van der Waals surface area contributed by atoms with E-state index in [-0.39, 0.29) is 11.7 Å². The third-order valence-corrected chi connectivity index (χ3v) is 2.50. The topological polar surface area (TPSA) is 56.7 Å². The summed E-state index contributed by atoms with van der Waals surface area (Å²) in [5.74, 6) is 0.229. The van der Waals surface area contributed by atoms with Gasteiger partial charge in [0.05, 0.1) is 18.4 Å². The summed E-state index contributed by atoms with van der Waals surface area (Å²) in [6.45, 7) is 3.77. The smallest absolute Gasteiger partial charge is 0.236 e. The Balaban J connectivity index is 2.57. The lowest BCUT2D eigenvalue weighted by molar-refractivity contribution is -0.130. The van der Waals surface area contributed by atoms with Gasteiger partial charge in [-0.15, -0.1) is 0 Å². The average molecular weight is 237 g/mol. The number of carbonyl (C=O) groups is 1. The Kier molecular flexibility index (Phi) is 4.90. The summed E-state index contributed by atoms with van der Waals surface area (Å²) in [7, 11) is 3.49. The number of likely N-dealkylation sites (N-methyl/N-ethyl adjacent to an activating group) is 2. The third kappa shape index (κ3) is 4.40. The molecule has 94 valence electrons. The van der Waals surface area contributed by atoms with E-state index in [4.69, 9.17) is 5.11 Å². The second kappa shape index (κ2) is 6.20. The molecule has 1 rings (SSSR count). The van der Waals surface area contributed by atoms with Crippen molar-refractivity contribution in [1.82, 2.24) is 14.8 Å². The fraction of sp³-hybridized carbons (Fsp3) is 0.500. The van der Waals surface area contributed by atoms with Gasteiger partial charge in [0.25, 0.3) is 0 Å². The minimum atomic E-state index is 0.0747. The van der Waals surface area contributed by atoms with Crippen LogP contribution in [0.4, 0.5) is 0 Å². The lowest BCUT2D eigenvalue weighted by Gasteiger charge is -2.21. The number of carbonyl (C=O) groups excluding carboxylic acids is 1. The van der Waals surface area contributed by atoms with Crippen molar-refractivity contribution in [1.29, 1.82) is 0 Å². The van der Waals surface area contributed by atoms with Crippen LogP contribution in [0, 0.1) is 0 Å². The average Bonchev–Trinajstić information content (AvgIpc) is 2.30. The van der Waals surface area contributed by atoms with Crippen LogP contribution in [0.3, 0.4) is 0 Å². The summed E-state index contributed by atoms with van der Waals surface area (Å²) in [5, 5.41) is 9.13. The van der Waals surface area contributed by atoms with Crippen molar-refractivity contribution >= 4 is 5.91 Å². The van der Waals surface area contributed by atoms with Crippen LogP contribution < -0.4 is 0 Å². The van der Waals surface area contributed by atoms with E-state index in [2.05, 4.69) is 4.98 Å². The molecule has 1 heterocycles. The van der Waals surface area contributed by atoms with Crippen molar-refractivity contribution in [3.63, 3.8) is 0 Å². The highest BCUT2D eigenvalue weighted by molar-refractivity contribution is 5.77.